The van der Waals surface area contributed by atoms with Crippen LogP contribution in [-0.2, 0) is 24.8 Å². The van der Waals surface area contributed by atoms with E-state index in [1.165, 1.54) is 36.8 Å². The van der Waals surface area contributed by atoms with Crippen molar-refractivity contribution in [3.8, 4) is 0 Å². The van der Waals surface area contributed by atoms with Crippen LogP contribution in [0.2, 0.25) is 0 Å². The van der Waals surface area contributed by atoms with Crippen molar-refractivity contribution in [3.05, 3.63) is 47.5 Å². The lowest BCUT2D eigenvalue weighted by atomic mass is 10.1. The van der Waals surface area contributed by atoms with Crippen molar-refractivity contribution in [3.63, 3.8) is 0 Å². The summed E-state index contributed by atoms with van der Waals surface area (Å²) < 4.78 is 27.9. The third kappa shape index (κ3) is 18.0. The molecule has 0 fully saturated rings. The van der Waals surface area contributed by atoms with Crippen molar-refractivity contribution in [1.82, 2.24) is 0 Å². The second kappa shape index (κ2) is 13.4. The first-order chi connectivity index (χ1) is 12.0. The van der Waals surface area contributed by atoms with E-state index >= 15 is 0 Å². The summed E-state index contributed by atoms with van der Waals surface area (Å²) in [6, 6.07) is 10.4. The summed E-state index contributed by atoms with van der Waals surface area (Å²) in [6.45, 7) is 5.93. The molecule has 0 unspecified atom stereocenters. The van der Waals surface area contributed by atoms with Gasteiger partial charge >= 0.3 is 15.6 Å². The molecule has 0 spiro atoms. The monoisotopic (exact) mass is 410 g/mol. The Morgan fingerprint density at radius 3 is 2.04 bits per heavy atom. The van der Waals surface area contributed by atoms with Gasteiger partial charge in [-0.15, -0.1) is 0 Å². The Labute approximate surface area is 154 Å². The van der Waals surface area contributed by atoms with Gasteiger partial charge in [0.25, 0.3) is 0 Å². The van der Waals surface area contributed by atoms with Crippen LogP contribution in [-0.4, -0.2) is 26.2 Å². The molecule has 1 aromatic carbocycles. The molecule has 0 radical (unpaired) electrons. The Hall–Kier alpha value is -0.820. The second-order valence-electron chi connectivity index (χ2n) is 5.55. The van der Waals surface area contributed by atoms with Gasteiger partial charge in [0.15, 0.2) is 0 Å². The molecule has 0 bridgehead atoms. The van der Waals surface area contributed by atoms with Crippen LogP contribution in [0.15, 0.2) is 42.0 Å². The third-order valence-electron chi connectivity index (χ3n) is 3.18. The van der Waals surface area contributed by atoms with Crippen LogP contribution in [0.1, 0.15) is 45.1 Å². The fourth-order valence-electron chi connectivity index (χ4n) is 1.83. The summed E-state index contributed by atoms with van der Waals surface area (Å²) in [5.74, 6) is 0. The Balaban J connectivity index is 0.000000590. The molecule has 1 aromatic rings. The van der Waals surface area contributed by atoms with Gasteiger partial charge in [-0.2, -0.15) is 4.31 Å². The standard InChI is InChI=1S/C16H24O.H4O7P2/c1-3-15(2)10-6-5-9-13-17-14-16-11-7-4-8-12-16;1-8(2,3)7-9(4,5)6/h3-4,7-8,11-12H,5-6,9-10,13-14H2,1-2H3;(H2,1,2,3)(H2,4,5,6). The van der Waals surface area contributed by atoms with Gasteiger partial charge in [-0.3, -0.25) is 0 Å². The molecule has 0 saturated heterocycles. The van der Waals surface area contributed by atoms with E-state index in [0.29, 0.717) is 0 Å². The zero-order valence-electron chi connectivity index (χ0n) is 15.0. The average molecular weight is 410 g/mol. The van der Waals surface area contributed by atoms with Crippen molar-refractivity contribution in [2.24, 2.45) is 0 Å². The fraction of sp³-hybridized carbons (Fsp3) is 0.500. The molecule has 0 aromatic heterocycles. The molecule has 0 atom stereocenters. The fourth-order valence-corrected chi connectivity index (χ4v) is 2.94. The molecular weight excluding hydrogens is 382 g/mol. The molecule has 0 aliphatic rings. The maximum atomic E-state index is 9.63. The predicted molar refractivity (Wildman–Crippen MR) is 99.2 cm³/mol. The quantitative estimate of drug-likeness (QED) is 0.259. The van der Waals surface area contributed by atoms with Crippen LogP contribution in [0.3, 0.4) is 0 Å². The number of benzene rings is 1. The highest BCUT2D eigenvalue weighted by Gasteiger charge is 2.27. The van der Waals surface area contributed by atoms with Crippen LogP contribution in [0.4, 0.5) is 0 Å². The Morgan fingerprint density at radius 2 is 1.58 bits per heavy atom. The first kappa shape index (κ1) is 25.2. The molecule has 150 valence electrons. The molecule has 4 N–H and O–H groups in total. The van der Waals surface area contributed by atoms with Crippen molar-refractivity contribution in [2.45, 2.75) is 46.1 Å². The van der Waals surface area contributed by atoms with Gasteiger partial charge in [0.1, 0.15) is 0 Å². The minimum absolute atomic E-state index is 0.745. The van der Waals surface area contributed by atoms with Crippen LogP contribution in [0.25, 0.3) is 0 Å². The number of rotatable bonds is 10. The van der Waals surface area contributed by atoms with Crippen LogP contribution < -0.4 is 0 Å². The molecule has 0 aliphatic heterocycles. The van der Waals surface area contributed by atoms with Gasteiger partial charge in [0.2, 0.25) is 0 Å². The zero-order chi connectivity index (χ0) is 20.1. The number of unbranched alkanes of at least 4 members (excludes halogenated alkanes) is 2. The van der Waals surface area contributed by atoms with Gasteiger partial charge < -0.3 is 24.3 Å². The van der Waals surface area contributed by atoms with Gasteiger partial charge in [-0.25, -0.2) is 9.13 Å². The SMILES string of the molecule is CC=C(C)CCCCCOCc1ccccc1.O=P(O)(O)OP(=O)(O)O. The number of phosphoric acid groups is 2. The van der Waals surface area contributed by atoms with Crippen molar-refractivity contribution < 1.29 is 37.8 Å². The highest BCUT2D eigenvalue weighted by Crippen LogP contribution is 2.53. The first-order valence-electron chi connectivity index (χ1n) is 8.09. The van der Waals surface area contributed by atoms with E-state index in [-0.39, 0.29) is 0 Å². The smallest absolute Gasteiger partial charge is 0.377 e. The lowest BCUT2D eigenvalue weighted by Crippen LogP contribution is -1.95. The van der Waals surface area contributed by atoms with Gasteiger partial charge in [-0.05, 0) is 38.7 Å². The normalized spacial score (nSPS) is 12.5. The van der Waals surface area contributed by atoms with E-state index in [1.807, 2.05) is 6.07 Å². The van der Waals surface area contributed by atoms with Gasteiger partial charge in [-0.1, -0.05) is 48.4 Å². The van der Waals surface area contributed by atoms with Gasteiger partial charge in [0, 0.05) is 6.61 Å². The molecule has 1 rings (SSSR count). The third-order valence-corrected chi connectivity index (χ3v) is 4.88. The lowest BCUT2D eigenvalue weighted by Gasteiger charge is -2.04. The van der Waals surface area contributed by atoms with Crippen molar-refractivity contribution >= 4 is 15.6 Å². The molecule has 0 aliphatic carbocycles. The van der Waals surface area contributed by atoms with Crippen LogP contribution in [0.5, 0.6) is 0 Å². The largest absolute Gasteiger partial charge is 0.478 e. The number of hydrogen-bond acceptors (Lipinski definition) is 4. The molecule has 10 heteroatoms. The van der Waals surface area contributed by atoms with E-state index in [2.05, 4.69) is 48.5 Å². The summed E-state index contributed by atoms with van der Waals surface area (Å²) in [5, 5.41) is 0. The Bertz CT molecular complexity index is 586. The van der Waals surface area contributed by atoms with Crippen molar-refractivity contribution in [1.29, 1.82) is 0 Å². The number of ether oxygens (including phenoxy) is 1. The Kier molecular flexibility index (Phi) is 12.9. The minimum atomic E-state index is -5.05. The molecular formula is C16H28O8P2. The molecule has 0 saturated carbocycles. The second-order valence-corrected chi connectivity index (χ2v) is 8.16. The topological polar surface area (TPSA) is 134 Å². The summed E-state index contributed by atoms with van der Waals surface area (Å²) in [6.07, 6.45) is 7.15. The summed E-state index contributed by atoms with van der Waals surface area (Å²) in [5.41, 5.74) is 2.76. The summed E-state index contributed by atoms with van der Waals surface area (Å²) in [7, 11) is -10.1. The molecule has 8 nitrogen and oxygen atoms in total. The summed E-state index contributed by atoms with van der Waals surface area (Å²) in [4.78, 5) is 31.0. The van der Waals surface area contributed by atoms with E-state index in [4.69, 9.17) is 24.3 Å². The van der Waals surface area contributed by atoms with E-state index in [0.717, 1.165) is 13.2 Å². The van der Waals surface area contributed by atoms with Crippen molar-refractivity contribution in [2.75, 3.05) is 6.61 Å². The zero-order valence-corrected chi connectivity index (χ0v) is 16.8. The van der Waals surface area contributed by atoms with Gasteiger partial charge in [0.05, 0.1) is 6.61 Å². The molecule has 0 amide bonds. The summed E-state index contributed by atoms with van der Waals surface area (Å²) >= 11 is 0. The maximum Gasteiger partial charge on any atom is 0.478 e. The molecule has 0 heterocycles. The minimum Gasteiger partial charge on any atom is -0.377 e. The molecule has 26 heavy (non-hydrogen) atoms. The predicted octanol–water partition coefficient (Wildman–Crippen LogP) is 3.92. The Morgan fingerprint density at radius 1 is 1.00 bits per heavy atom. The maximum absolute atomic E-state index is 9.63. The van der Waals surface area contributed by atoms with E-state index < -0.39 is 15.6 Å². The highest BCUT2D eigenvalue weighted by atomic mass is 31.3. The highest BCUT2D eigenvalue weighted by molar-refractivity contribution is 7.60. The lowest BCUT2D eigenvalue weighted by molar-refractivity contribution is 0.117. The van der Waals surface area contributed by atoms with E-state index in [9.17, 15) is 9.13 Å². The number of allylic oxidation sites excluding steroid dienone is 2. The average Bonchev–Trinajstić information content (AvgIpc) is 2.52. The van der Waals surface area contributed by atoms with E-state index in [1.54, 1.807) is 0 Å². The number of hydrogen-bond donors (Lipinski definition) is 4. The van der Waals surface area contributed by atoms with Crippen LogP contribution in [0, 0.1) is 0 Å². The first-order valence-corrected chi connectivity index (χ1v) is 11.2. The van der Waals surface area contributed by atoms with Crippen LogP contribution >= 0.6 is 15.6 Å².